The Morgan fingerprint density at radius 1 is 1.38 bits per heavy atom. The molecule has 78 valence electrons. The summed E-state index contributed by atoms with van der Waals surface area (Å²) in [5.74, 6) is 2.25. The number of hydrogen-bond acceptors (Lipinski definition) is 2. The van der Waals surface area contributed by atoms with Gasteiger partial charge in [-0.3, -0.25) is 0 Å². The van der Waals surface area contributed by atoms with Crippen LogP contribution in [-0.2, 0) is 0 Å². The Hall–Kier alpha value is 0.310. The Morgan fingerprint density at radius 2 is 2.23 bits per heavy atom. The summed E-state index contributed by atoms with van der Waals surface area (Å²) in [5.41, 5.74) is 0. The summed E-state index contributed by atoms with van der Waals surface area (Å²) in [6.45, 7) is 3.61. The van der Waals surface area contributed by atoms with Gasteiger partial charge in [0.25, 0.3) is 0 Å². The van der Waals surface area contributed by atoms with Gasteiger partial charge in [-0.2, -0.15) is 11.8 Å². The fourth-order valence-corrected chi connectivity index (χ4v) is 2.58. The third kappa shape index (κ3) is 4.92. The zero-order chi connectivity index (χ0) is 9.52. The molecular formula is C11H23NS. The second-order valence-corrected chi connectivity index (χ2v) is 5.25. The standard InChI is InChI=1S/C11H23NS/c1-10-5-3-6-11(9-10)12-7-4-8-13-2/h10-12H,3-9H2,1-2H3. The van der Waals surface area contributed by atoms with Gasteiger partial charge < -0.3 is 5.32 Å². The Morgan fingerprint density at radius 3 is 2.92 bits per heavy atom. The summed E-state index contributed by atoms with van der Waals surface area (Å²) in [7, 11) is 0. The van der Waals surface area contributed by atoms with Crippen LogP contribution in [0, 0.1) is 5.92 Å². The van der Waals surface area contributed by atoms with Gasteiger partial charge >= 0.3 is 0 Å². The van der Waals surface area contributed by atoms with Gasteiger partial charge in [0.15, 0.2) is 0 Å². The van der Waals surface area contributed by atoms with E-state index in [9.17, 15) is 0 Å². The summed E-state index contributed by atoms with van der Waals surface area (Å²) >= 11 is 1.95. The van der Waals surface area contributed by atoms with Crippen molar-refractivity contribution in [2.75, 3.05) is 18.6 Å². The molecule has 0 aromatic heterocycles. The van der Waals surface area contributed by atoms with Crippen molar-refractivity contribution in [2.45, 2.75) is 45.1 Å². The highest BCUT2D eigenvalue weighted by Crippen LogP contribution is 2.23. The van der Waals surface area contributed by atoms with Crippen LogP contribution in [0.15, 0.2) is 0 Å². The van der Waals surface area contributed by atoms with E-state index >= 15 is 0 Å². The van der Waals surface area contributed by atoms with Crippen LogP contribution in [0.1, 0.15) is 39.0 Å². The maximum atomic E-state index is 3.67. The van der Waals surface area contributed by atoms with Crippen LogP contribution in [0.3, 0.4) is 0 Å². The molecule has 13 heavy (non-hydrogen) atoms. The fraction of sp³-hybridized carbons (Fsp3) is 1.00. The molecule has 0 bridgehead atoms. The molecule has 0 aliphatic heterocycles. The minimum absolute atomic E-state index is 0.825. The molecule has 1 N–H and O–H groups in total. The minimum Gasteiger partial charge on any atom is -0.314 e. The van der Waals surface area contributed by atoms with Crippen molar-refractivity contribution in [2.24, 2.45) is 5.92 Å². The molecule has 0 saturated heterocycles. The van der Waals surface area contributed by atoms with Crippen molar-refractivity contribution in [3.05, 3.63) is 0 Å². The van der Waals surface area contributed by atoms with E-state index in [2.05, 4.69) is 18.5 Å². The molecule has 1 saturated carbocycles. The van der Waals surface area contributed by atoms with Gasteiger partial charge in [0.1, 0.15) is 0 Å². The average Bonchev–Trinajstić information content (AvgIpc) is 2.13. The molecule has 1 nitrogen and oxygen atoms in total. The summed E-state index contributed by atoms with van der Waals surface area (Å²) in [4.78, 5) is 0. The molecule has 0 radical (unpaired) electrons. The van der Waals surface area contributed by atoms with Crippen molar-refractivity contribution < 1.29 is 0 Å². The molecule has 2 unspecified atom stereocenters. The molecule has 1 aliphatic rings. The number of hydrogen-bond donors (Lipinski definition) is 1. The van der Waals surface area contributed by atoms with Crippen molar-refractivity contribution in [3.63, 3.8) is 0 Å². The lowest BCUT2D eigenvalue weighted by Crippen LogP contribution is -2.34. The molecule has 1 aliphatic carbocycles. The normalized spacial score (nSPS) is 29.1. The second-order valence-electron chi connectivity index (χ2n) is 4.27. The van der Waals surface area contributed by atoms with E-state index in [1.807, 2.05) is 11.8 Å². The third-order valence-corrected chi connectivity index (χ3v) is 3.59. The van der Waals surface area contributed by atoms with Gasteiger partial charge in [0.2, 0.25) is 0 Å². The van der Waals surface area contributed by atoms with Crippen LogP contribution >= 0.6 is 11.8 Å². The van der Waals surface area contributed by atoms with E-state index in [0.717, 1.165) is 12.0 Å². The number of nitrogens with one attached hydrogen (secondary N) is 1. The number of thioether (sulfide) groups is 1. The van der Waals surface area contributed by atoms with Crippen LogP contribution in [0.2, 0.25) is 0 Å². The van der Waals surface area contributed by atoms with Gasteiger partial charge in [-0.15, -0.1) is 0 Å². The van der Waals surface area contributed by atoms with Crippen LogP contribution < -0.4 is 5.32 Å². The van der Waals surface area contributed by atoms with Crippen LogP contribution in [0.4, 0.5) is 0 Å². The van der Waals surface area contributed by atoms with Gasteiger partial charge in [-0.05, 0) is 43.7 Å². The highest BCUT2D eigenvalue weighted by atomic mass is 32.2. The van der Waals surface area contributed by atoms with Crippen molar-refractivity contribution in [1.82, 2.24) is 5.32 Å². The lowest BCUT2D eigenvalue weighted by Gasteiger charge is -2.27. The Kier molecular flexibility index (Phi) is 5.88. The molecule has 0 spiro atoms. The van der Waals surface area contributed by atoms with Crippen molar-refractivity contribution in [1.29, 1.82) is 0 Å². The van der Waals surface area contributed by atoms with E-state index in [-0.39, 0.29) is 0 Å². The Bertz CT molecular complexity index is 127. The van der Waals surface area contributed by atoms with Crippen LogP contribution in [0.25, 0.3) is 0 Å². The smallest absolute Gasteiger partial charge is 0.00696 e. The van der Waals surface area contributed by atoms with E-state index in [1.54, 1.807) is 0 Å². The van der Waals surface area contributed by atoms with E-state index in [0.29, 0.717) is 0 Å². The lowest BCUT2D eigenvalue weighted by molar-refractivity contribution is 0.302. The maximum absolute atomic E-state index is 3.67. The fourth-order valence-electron chi connectivity index (χ4n) is 2.14. The lowest BCUT2D eigenvalue weighted by atomic mass is 9.87. The van der Waals surface area contributed by atoms with Crippen LogP contribution in [0.5, 0.6) is 0 Å². The highest BCUT2D eigenvalue weighted by Gasteiger charge is 2.17. The maximum Gasteiger partial charge on any atom is 0.00696 e. The van der Waals surface area contributed by atoms with Gasteiger partial charge in [0.05, 0.1) is 0 Å². The Balaban J connectivity index is 2.00. The SMILES string of the molecule is CSCCCNC1CCCC(C)C1. The quantitative estimate of drug-likeness (QED) is 0.686. The topological polar surface area (TPSA) is 12.0 Å². The van der Waals surface area contributed by atoms with E-state index in [1.165, 1.54) is 44.4 Å². The first kappa shape index (κ1) is 11.4. The molecule has 1 fully saturated rings. The summed E-state index contributed by atoms with van der Waals surface area (Å²) < 4.78 is 0. The first-order valence-corrected chi connectivity index (χ1v) is 6.94. The zero-order valence-electron chi connectivity index (χ0n) is 9.01. The van der Waals surface area contributed by atoms with Crippen molar-refractivity contribution in [3.8, 4) is 0 Å². The second kappa shape index (κ2) is 6.72. The predicted octanol–water partition coefficient (Wildman–Crippen LogP) is 2.91. The molecule has 0 aromatic carbocycles. The van der Waals surface area contributed by atoms with E-state index < -0.39 is 0 Å². The molecule has 2 atom stereocenters. The third-order valence-electron chi connectivity index (χ3n) is 2.89. The first-order chi connectivity index (χ1) is 6.33. The first-order valence-electron chi connectivity index (χ1n) is 5.55. The molecule has 0 heterocycles. The van der Waals surface area contributed by atoms with E-state index in [4.69, 9.17) is 0 Å². The van der Waals surface area contributed by atoms with Gasteiger partial charge in [0, 0.05) is 6.04 Å². The zero-order valence-corrected chi connectivity index (χ0v) is 9.83. The molecular weight excluding hydrogens is 178 g/mol. The molecule has 1 rings (SSSR count). The van der Waals surface area contributed by atoms with Crippen LogP contribution in [-0.4, -0.2) is 24.6 Å². The van der Waals surface area contributed by atoms with Gasteiger partial charge in [-0.1, -0.05) is 19.8 Å². The van der Waals surface area contributed by atoms with Crippen molar-refractivity contribution >= 4 is 11.8 Å². The largest absolute Gasteiger partial charge is 0.314 e. The summed E-state index contributed by atoms with van der Waals surface area (Å²) in [6.07, 6.45) is 9.20. The Labute approximate surface area is 87.1 Å². The average molecular weight is 201 g/mol. The molecule has 0 amide bonds. The minimum atomic E-state index is 0.825. The summed E-state index contributed by atoms with van der Waals surface area (Å²) in [5, 5.41) is 3.67. The summed E-state index contributed by atoms with van der Waals surface area (Å²) in [6, 6.07) is 0.825. The predicted molar refractivity (Wildman–Crippen MR) is 62.4 cm³/mol. The monoisotopic (exact) mass is 201 g/mol. The molecule has 0 aromatic rings. The highest BCUT2D eigenvalue weighted by molar-refractivity contribution is 7.98. The molecule has 2 heteroatoms. The number of rotatable bonds is 5. The van der Waals surface area contributed by atoms with Gasteiger partial charge in [-0.25, -0.2) is 0 Å².